The van der Waals surface area contributed by atoms with E-state index in [1.54, 1.807) is 14.2 Å². The number of carbonyl (C=O) groups is 1. The Kier molecular flexibility index (Phi) is 6.99. The fourth-order valence-electron chi connectivity index (χ4n) is 3.65. The van der Waals surface area contributed by atoms with Crippen molar-refractivity contribution in [2.45, 2.75) is 50.4 Å². The molecule has 1 aromatic carbocycles. The number of carbonyl (C=O) groups excluding carboxylic acids is 1. The minimum Gasteiger partial charge on any atom is -0.493 e. The molecular formula is C19H28N6O4. The van der Waals surface area contributed by atoms with Crippen LogP contribution in [0.25, 0.3) is 0 Å². The van der Waals surface area contributed by atoms with Crippen molar-refractivity contribution < 1.29 is 19.0 Å². The maximum Gasteiger partial charge on any atom is 0.327 e. The van der Waals surface area contributed by atoms with E-state index in [1.165, 1.54) is 11.8 Å². The summed E-state index contributed by atoms with van der Waals surface area (Å²) in [5, 5.41) is 15.5. The van der Waals surface area contributed by atoms with Crippen LogP contribution in [0.4, 0.5) is 0 Å². The van der Waals surface area contributed by atoms with Gasteiger partial charge in [0.25, 0.3) is 0 Å². The fourth-order valence-corrected chi connectivity index (χ4v) is 3.65. The van der Waals surface area contributed by atoms with Crippen molar-refractivity contribution in [1.82, 2.24) is 25.5 Å². The molecule has 1 heterocycles. The van der Waals surface area contributed by atoms with Gasteiger partial charge in [-0.1, -0.05) is 18.9 Å². The van der Waals surface area contributed by atoms with E-state index < -0.39 is 5.97 Å². The third kappa shape index (κ3) is 4.83. The normalized spacial score (nSPS) is 20.1. The second-order valence-corrected chi connectivity index (χ2v) is 7.04. The van der Waals surface area contributed by atoms with Gasteiger partial charge >= 0.3 is 5.97 Å². The molecule has 0 amide bonds. The lowest BCUT2D eigenvalue weighted by atomic mass is 9.89. The van der Waals surface area contributed by atoms with Gasteiger partial charge in [-0.3, -0.25) is 10.1 Å². The summed E-state index contributed by atoms with van der Waals surface area (Å²) in [6.45, 7) is -0.0823. The molecular weight excluding hydrogens is 376 g/mol. The molecule has 3 rings (SSSR count). The van der Waals surface area contributed by atoms with Crippen molar-refractivity contribution in [3.05, 3.63) is 29.6 Å². The van der Waals surface area contributed by atoms with Gasteiger partial charge in [-0.15, -0.1) is 5.10 Å². The SMILES string of the molecule is COC(=O)Cn1nnnc1C(NC1CCCCC1N)c1ccc(OC)c(OC)c1. The lowest BCUT2D eigenvalue weighted by Crippen LogP contribution is -2.49. The average Bonchev–Trinajstić information content (AvgIpc) is 3.20. The monoisotopic (exact) mass is 404 g/mol. The zero-order valence-electron chi connectivity index (χ0n) is 17.0. The largest absolute Gasteiger partial charge is 0.493 e. The average molecular weight is 404 g/mol. The molecule has 0 radical (unpaired) electrons. The summed E-state index contributed by atoms with van der Waals surface area (Å²) in [4.78, 5) is 11.8. The third-order valence-corrected chi connectivity index (χ3v) is 5.27. The Hall–Kier alpha value is -2.72. The number of nitrogens with one attached hydrogen (secondary N) is 1. The van der Waals surface area contributed by atoms with Crippen molar-refractivity contribution in [3.63, 3.8) is 0 Å². The highest BCUT2D eigenvalue weighted by molar-refractivity contribution is 5.68. The first-order valence-electron chi connectivity index (χ1n) is 9.63. The minimum absolute atomic E-state index is 0.0383. The highest BCUT2D eigenvalue weighted by atomic mass is 16.5. The van der Waals surface area contributed by atoms with E-state index in [0.717, 1.165) is 31.2 Å². The molecule has 1 aromatic heterocycles. The van der Waals surface area contributed by atoms with E-state index in [1.807, 2.05) is 18.2 Å². The summed E-state index contributed by atoms with van der Waals surface area (Å²) >= 11 is 0. The summed E-state index contributed by atoms with van der Waals surface area (Å²) in [6.07, 6.45) is 4.16. The molecule has 0 saturated heterocycles. The van der Waals surface area contributed by atoms with Crippen LogP contribution in [0.1, 0.15) is 43.1 Å². The molecule has 0 bridgehead atoms. The quantitative estimate of drug-likeness (QED) is 0.615. The number of aromatic nitrogens is 4. The van der Waals surface area contributed by atoms with E-state index in [-0.39, 0.29) is 24.7 Å². The molecule has 3 unspecified atom stereocenters. The molecule has 1 aliphatic rings. The van der Waals surface area contributed by atoms with Crippen LogP contribution in [0.2, 0.25) is 0 Å². The van der Waals surface area contributed by atoms with Gasteiger partial charge in [-0.05, 0) is 41.0 Å². The van der Waals surface area contributed by atoms with Crippen molar-refractivity contribution in [2.24, 2.45) is 5.73 Å². The molecule has 3 atom stereocenters. The van der Waals surface area contributed by atoms with Gasteiger partial charge in [-0.25, -0.2) is 4.68 Å². The molecule has 29 heavy (non-hydrogen) atoms. The van der Waals surface area contributed by atoms with E-state index in [4.69, 9.17) is 19.9 Å². The molecule has 0 spiro atoms. The zero-order chi connectivity index (χ0) is 20.8. The van der Waals surface area contributed by atoms with E-state index in [2.05, 4.69) is 20.8 Å². The van der Waals surface area contributed by atoms with Crippen LogP contribution in [-0.2, 0) is 16.1 Å². The Morgan fingerprint density at radius 1 is 1.24 bits per heavy atom. The maximum absolute atomic E-state index is 11.8. The van der Waals surface area contributed by atoms with E-state index in [0.29, 0.717) is 17.3 Å². The molecule has 10 heteroatoms. The predicted octanol–water partition coefficient (Wildman–Crippen LogP) is 0.812. The van der Waals surface area contributed by atoms with Crippen LogP contribution in [0.3, 0.4) is 0 Å². The van der Waals surface area contributed by atoms with Gasteiger partial charge < -0.3 is 19.9 Å². The molecule has 10 nitrogen and oxygen atoms in total. The van der Waals surface area contributed by atoms with Gasteiger partial charge in [0.1, 0.15) is 6.54 Å². The highest BCUT2D eigenvalue weighted by Gasteiger charge is 2.30. The van der Waals surface area contributed by atoms with Crippen LogP contribution in [0.5, 0.6) is 11.5 Å². The van der Waals surface area contributed by atoms with Gasteiger partial charge in [0.15, 0.2) is 17.3 Å². The lowest BCUT2D eigenvalue weighted by molar-refractivity contribution is -0.141. The number of benzene rings is 1. The Bertz CT molecular complexity index is 827. The van der Waals surface area contributed by atoms with Crippen molar-refractivity contribution >= 4 is 5.97 Å². The number of tetrazole rings is 1. The van der Waals surface area contributed by atoms with Crippen LogP contribution >= 0.6 is 0 Å². The summed E-state index contributed by atoms with van der Waals surface area (Å²) in [5.41, 5.74) is 7.24. The van der Waals surface area contributed by atoms with Crippen molar-refractivity contribution in [3.8, 4) is 11.5 Å². The second-order valence-electron chi connectivity index (χ2n) is 7.04. The zero-order valence-corrected chi connectivity index (χ0v) is 17.0. The Morgan fingerprint density at radius 2 is 2.00 bits per heavy atom. The third-order valence-electron chi connectivity index (χ3n) is 5.27. The summed E-state index contributed by atoms with van der Waals surface area (Å²) in [6, 6.07) is 5.38. The molecule has 1 aliphatic carbocycles. The first-order chi connectivity index (χ1) is 14.1. The molecule has 1 fully saturated rings. The standard InChI is InChI=1S/C19H28N6O4/c1-27-15-9-8-12(10-16(15)28-2)18(21-14-7-5-4-6-13(14)20)19-22-23-24-25(19)11-17(26)29-3/h8-10,13-14,18,21H,4-7,11,20H2,1-3H3. The van der Waals surface area contributed by atoms with Crippen LogP contribution in [0.15, 0.2) is 18.2 Å². The second kappa shape index (κ2) is 9.66. The van der Waals surface area contributed by atoms with Crippen LogP contribution in [0, 0.1) is 0 Å². The highest BCUT2D eigenvalue weighted by Crippen LogP contribution is 2.32. The minimum atomic E-state index is -0.432. The van der Waals surface area contributed by atoms with Crippen LogP contribution in [-0.4, -0.2) is 59.6 Å². The number of hydrogen-bond acceptors (Lipinski definition) is 9. The van der Waals surface area contributed by atoms with Gasteiger partial charge in [0, 0.05) is 12.1 Å². The number of ether oxygens (including phenoxy) is 3. The first kappa shape index (κ1) is 21.0. The number of nitrogens with two attached hydrogens (primary N) is 1. The summed E-state index contributed by atoms with van der Waals surface area (Å²) in [5.74, 6) is 1.29. The molecule has 158 valence electrons. The predicted molar refractivity (Wildman–Crippen MR) is 105 cm³/mol. The first-order valence-corrected chi connectivity index (χ1v) is 9.63. The van der Waals surface area contributed by atoms with E-state index in [9.17, 15) is 4.79 Å². The smallest absolute Gasteiger partial charge is 0.327 e. The fraction of sp³-hybridized carbons (Fsp3) is 0.579. The Morgan fingerprint density at radius 3 is 2.69 bits per heavy atom. The van der Waals surface area contributed by atoms with Gasteiger partial charge in [-0.2, -0.15) is 0 Å². The molecule has 2 aromatic rings. The Balaban J connectivity index is 1.98. The topological polar surface area (TPSA) is 126 Å². The number of rotatable bonds is 8. The summed E-state index contributed by atoms with van der Waals surface area (Å²) < 4.78 is 17.0. The van der Waals surface area contributed by atoms with Gasteiger partial charge in [0.2, 0.25) is 0 Å². The molecule has 0 aliphatic heterocycles. The number of methoxy groups -OCH3 is 3. The van der Waals surface area contributed by atoms with Crippen molar-refractivity contribution in [1.29, 1.82) is 0 Å². The van der Waals surface area contributed by atoms with Crippen LogP contribution < -0.4 is 20.5 Å². The summed E-state index contributed by atoms with van der Waals surface area (Å²) in [7, 11) is 4.51. The number of nitrogens with zero attached hydrogens (tertiary/aromatic N) is 4. The molecule has 3 N–H and O–H groups in total. The number of esters is 1. The van der Waals surface area contributed by atoms with Gasteiger partial charge in [0.05, 0.1) is 27.4 Å². The van der Waals surface area contributed by atoms with Crippen molar-refractivity contribution in [2.75, 3.05) is 21.3 Å². The molecule has 1 saturated carbocycles. The van der Waals surface area contributed by atoms with E-state index >= 15 is 0 Å². The number of hydrogen-bond donors (Lipinski definition) is 2. The lowest BCUT2D eigenvalue weighted by Gasteiger charge is -2.33. The Labute approximate surface area is 169 Å². The maximum atomic E-state index is 11.8.